The normalized spacial score (nSPS) is 23.2. The number of phenolic OH excluding ortho intramolecular Hbond substituents is 1. The molecular formula is C20H21N5O4. The maximum Gasteiger partial charge on any atom is 0.328 e. The van der Waals surface area contributed by atoms with Gasteiger partial charge in [-0.05, 0) is 37.1 Å². The third-order valence-electron chi connectivity index (χ3n) is 5.95. The lowest BCUT2D eigenvalue weighted by atomic mass is 9.94. The average Bonchev–Trinajstić information content (AvgIpc) is 3.34. The first-order valence-electron chi connectivity index (χ1n) is 9.57. The predicted molar refractivity (Wildman–Crippen MR) is 102 cm³/mol. The van der Waals surface area contributed by atoms with Crippen LogP contribution in [-0.2, 0) is 24.3 Å². The highest BCUT2D eigenvalue weighted by atomic mass is 16.5. The van der Waals surface area contributed by atoms with Gasteiger partial charge in [-0.15, -0.1) is 0 Å². The van der Waals surface area contributed by atoms with Crippen LogP contribution >= 0.6 is 0 Å². The van der Waals surface area contributed by atoms with Gasteiger partial charge in [-0.2, -0.15) is 5.10 Å². The Bertz CT molecular complexity index is 1030. The monoisotopic (exact) mass is 395 g/mol. The highest BCUT2D eigenvalue weighted by Crippen LogP contribution is 2.33. The number of aromatic nitrogens is 1. The number of urea groups is 1. The van der Waals surface area contributed by atoms with Crippen molar-refractivity contribution in [2.45, 2.75) is 45.4 Å². The molecule has 1 unspecified atom stereocenters. The van der Waals surface area contributed by atoms with Gasteiger partial charge in [0.1, 0.15) is 17.6 Å². The molecule has 0 aliphatic carbocycles. The minimum Gasteiger partial charge on any atom is -0.508 e. The molecule has 3 aliphatic heterocycles. The summed E-state index contributed by atoms with van der Waals surface area (Å²) < 4.78 is 5.20. The van der Waals surface area contributed by atoms with E-state index in [9.17, 15) is 14.7 Å². The minimum atomic E-state index is -0.496. The Morgan fingerprint density at radius 3 is 2.83 bits per heavy atom. The third kappa shape index (κ3) is 2.76. The topological polar surface area (TPSA) is 102 Å². The van der Waals surface area contributed by atoms with Crippen molar-refractivity contribution in [3.63, 3.8) is 0 Å². The fourth-order valence-electron chi connectivity index (χ4n) is 4.34. The van der Waals surface area contributed by atoms with Crippen LogP contribution in [0.2, 0.25) is 0 Å². The molecule has 1 saturated heterocycles. The predicted octanol–water partition coefficient (Wildman–Crippen LogP) is 1.56. The zero-order valence-corrected chi connectivity index (χ0v) is 16.2. The molecule has 9 nitrogen and oxygen atoms in total. The molecule has 4 heterocycles. The van der Waals surface area contributed by atoms with Crippen LogP contribution in [0.25, 0.3) is 0 Å². The summed E-state index contributed by atoms with van der Waals surface area (Å²) >= 11 is 0. The summed E-state index contributed by atoms with van der Waals surface area (Å²) in [4.78, 5) is 29.0. The van der Waals surface area contributed by atoms with Gasteiger partial charge in [-0.25, -0.2) is 4.79 Å². The molecule has 150 valence electrons. The Balaban J connectivity index is 1.33. The Kier molecular flexibility index (Phi) is 3.87. The maximum absolute atomic E-state index is 13.1. The number of aryl methyl sites for hydroxylation is 2. The van der Waals surface area contributed by atoms with Crippen molar-refractivity contribution in [1.29, 1.82) is 0 Å². The van der Waals surface area contributed by atoms with Gasteiger partial charge in [0.2, 0.25) is 0 Å². The molecule has 1 aromatic carbocycles. The molecule has 5 rings (SSSR count). The number of aromatic hydroxyl groups is 1. The molecule has 1 fully saturated rings. The molecule has 0 saturated carbocycles. The van der Waals surface area contributed by atoms with Crippen molar-refractivity contribution in [1.82, 2.24) is 20.0 Å². The first kappa shape index (κ1) is 17.7. The van der Waals surface area contributed by atoms with Gasteiger partial charge in [-0.3, -0.25) is 14.7 Å². The van der Waals surface area contributed by atoms with Crippen LogP contribution in [0.1, 0.15) is 28.1 Å². The van der Waals surface area contributed by atoms with Gasteiger partial charge in [0.15, 0.2) is 0 Å². The van der Waals surface area contributed by atoms with Crippen LogP contribution in [-0.4, -0.2) is 61.9 Å². The van der Waals surface area contributed by atoms with Crippen molar-refractivity contribution in [2.75, 3.05) is 6.54 Å². The lowest BCUT2D eigenvalue weighted by Crippen LogP contribution is -2.44. The van der Waals surface area contributed by atoms with E-state index >= 15 is 0 Å². The van der Waals surface area contributed by atoms with Crippen molar-refractivity contribution < 1.29 is 19.2 Å². The van der Waals surface area contributed by atoms with Gasteiger partial charge in [-0.1, -0.05) is 11.2 Å². The SMILES string of the molecule is Cc1noc(C)c1CN1CC(N2C(=O)[C@@H]3Cc4ccc(O)cc4CN3C2=O)C=N1. The summed E-state index contributed by atoms with van der Waals surface area (Å²) in [6, 6.07) is 3.90. The highest BCUT2D eigenvalue weighted by molar-refractivity contribution is 6.06. The molecule has 29 heavy (non-hydrogen) atoms. The van der Waals surface area contributed by atoms with E-state index in [2.05, 4.69) is 10.3 Å². The molecule has 3 amide bonds. The molecule has 1 aromatic heterocycles. The molecule has 2 atom stereocenters. The summed E-state index contributed by atoms with van der Waals surface area (Å²) in [6.07, 6.45) is 2.12. The van der Waals surface area contributed by atoms with E-state index in [-0.39, 0.29) is 17.7 Å². The quantitative estimate of drug-likeness (QED) is 0.792. The van der Waals surface area contributed by atoms with Crippen molar-refractivity contribution in [3.05, 3.63) is 46.3 Å². The molecule has 3 aliphatic rings. The number of phenols is 1. The Hall–Kier alpha value is -3.36. The summed E-state index contributed by atoms with van der Waals surface area (Å²) in [5.41, 5.74) is 3.65. The molecule has 0 bridgehead atoms. The Morgan fingerprint density at radius 1 is 1.24 bits per heavy atom. The van der Waals surface area contributed by atoms with Crippen LogP contribution in [0.15, 0.2) is 27.8 Å². The van der Waals surface area contributed by atoms with Crippen molar-refractivity contribution in [2.24, 2.45) is 5.10 Å². The number of carbonyl (C=O) groups excluding carboxylic acids is 2. The molecule has 1 N–H and O–H groups in total. The fraction of sp³-hybridized carbons (Fsp3) is 0.400. The number of rotatable bonds is 3. The zero-order valence-electron chi connectivity index (χ0n) is 16.2. The van der Waals surface area contributed by atoms with E-state index in [1.165, 1.54) is 4.90 Å². The number of carbonyl (C=O) groups is 2. The minimum absolute atomic E-state index is 0.162. The van der Waals surface area contributed by atoms with E-state index < -0.39 is 12.1 Å². The second-order valence-electron chi connectivity index (χ2n) is 7.77. The van der Waals surface area contributed by atoms with Crippen LogP contribution < -0.4 is 0 Å². The first-order valence-corrected chi connectivity index (χ1v) is 9.57. The van der Waals surface area contributed by atoms with E-state index in [4.69, 9.17) is 4.52 Å². The number of hydrogen-bond acceptors (Lipinski definition) is 7. The number of amides is 3. The first-order chi connectivity index (χ1) is 13.9. The molecule has 0 radical (unpaired) electrons. The van der Waals surface area contributed by atoms with E-state index in [1.54, 1.807) is 23.2 Å². The number of benzene rings is 1. The number of fused-ring (bicyclic) bond motifs is 2. The fourth-order valence-corrected chi connectivity index (χ4v) is 4.34. The molecule has 2 aromatic rings. The van der Waals surface area contributed by atoms with E-state index in [0.717, 1.165) is 28.1 Å². The number of imide groups is 1. The second kappa shape index (κ2) is 6.33. The second-order valence-corrected chi connectivity index (χ2v) is 7.77. The Labute approximate surface area is 167 Å². The van der Waals surface area contributed by atoms with Crippen LogP contribution in [0.5, 0.6) is 5.75 Å². The highest BCUT2D eigenvalue weighted by Gasteiger charge is 2.50. The number of nitrogens with zero attached hydrogens (tertiary/aromatic N) is 5. The van der Waals surface area contributed by atoms with Gasteiger partial charge in [0.05, 0.1) is 24.8 Å². The smallest absolute Gasteiger partial charge is 0.328 e. The molecule has 9 heteroatoms. The van der Waals surface area contributed by atoms with Gasteiger partial charge >= 0.3 is 6.03 Å². The number of hydrazone groups is 1. The van der Waals surface area contributed by atoms with Gasteiger partial charge in [0, 0.05) is 24.7 Å². The van der Waals surface area contributed by atoms with E-state index in [1.807, 2.05) is 24.9 Å². The summed E-state index contributed by atoms with van der Waals surface area (Å²) in [7, 11) is 0. The van der Waals surface area contributed by atoms with E-state index in [0.29, 0.717) is 26.1 Å². The van der Waals surface area contributed by atoms with Gasteiger partial charge < -0.3 is 14.5 Å². The van der Waals surface area contributed by atoms with Crippen LogP contribution in [0, 0.1) is 13.8 Å². The van der Waals surface area contributed by atoms with Crippen molar-refractivity contribution >= 4 is 18.2 Å². The summed E-state index contributed by atoms with van der Waals surface area (Å²) in [6.45, 7) is 5.01. The number of hydrogen-bond donors (Lipinski definition) is 1. The summed E-state index contributed by atoms with van der Waals surface area (Å²) in [5.74, 6) is 0.715. The molecule has 0 spiro atoms. The van der Waals surface area contributed by atoms with Gasteiger partial charge in [0.25, 0.3) is 5.91 Å². The van der Waals surface area contributed by atoms with Crippen LogP contribution in [0.4, 0.5) is 4.79 Å². The molecular weight excluding hydrogens is 374 g/mol. The Morgan fingerprint density at radius 2 is 2.07 bits per heavy atom. The average molecular weight is 395 g/mol. The lowest BCUT2D eigenvalue weighted by Gasteiger charge is -2.28. The third-order valence-corrected chi connectivity index (χ3v) is 5.95. The largest absolute Gasteiger partial charge is 0.508 e. The maximum atomic E-state index is 13.1. The standard InChI is InChI=1S/C20H21N5O4/c1-11-17(12(2)29-22-11)10-23-9-15(7-21-23)25-19(27)18-6-13-3-4-16(26)5-14(13)8-24(18)20(25)28/h3-5,7,15,18,26H,6,8-10H2,1-2H3/t15?,18-/m0/s1. The summed E-state index contributed by atoms with van der Waals surface area (Å²) in [5, 5.41) is 19.9. The lowest BCUT2D eigenvalue weighted by molar-refractivity contribution is -0.129. The van der Waals surface area contributed by atoms with Crippen LogP contribution in [0.3, 0.4) is 0 Å². The zero-order chi connectivity index (χ0) is 20.3. The van der Waals surface area contributed by atoms with Crippen molar-refractivity contribution in [3.8, 4) is 5.75 Å².